The first-order valence-electron chi connectivity index (χ1n) is 5.56. The summed E-state index contributed by atoms with van der Waals surface area (Å²) in [5, 5.41) is 10.4. The van der Waals surface area contributed by atoms with E-state index in [0.29, 0.717) is 11.8 Å². The summed E-state index contributed by atoms with van der Waals surface area (Å²) < 4.78 is 37.5. The predicted molar refractivity (Wildman–Crippen MR) is 70.6 cm³/mol. The molecule has 0 radical (unpaired) electrons. The monoisotopic (exact) mass is 307 g/mol. The van der Waals surface area contributed by atoms with Crippen molar-refractivity contribution in [2.24, 2.45) is 0 Å². The fourth-order valence-electron chi connectivity index (χ4n) is 1.28. The van der Waals surface area contributed by atoms with E-state index in [9.17, 15) is 22.8 Å². The molecule has 0 saturated carbocycles. The van der Waals surface area contributed by atoms with Crippen LogP contribution in [0.25, 0.3) is 0 Å². The maximum Gasteiger partial charge on any atom is 0.337 e. The van der Waals surface area contributed by atoms with Gasteiger partial charge >= 0.3 is 5.97 Å². The molecule has 8 heteroatoms. The lowest BCUT2D eigenvalue weighted by atomic mass is 10.2. The van der Waals surface area contributed by atoms with Gasteiger partial charge in [0.15, 0.2) is 6.17 Å². The zero-order valence-electron chi connectivity index (χ0n) is 10.2. The van der Waals surface area contributed by atoms with Crippen molar-refractivity contribution in [2.75, 3.05) is 17.7 Å². The van der Waals surface area contributed by atoms with Crippen LogP contribution in [0.3, 0.4) is 0 Å². The molecule has 0 aliphatic rings. The number of hydrogen-bond acceptors (Lipinski definition) is 3. The minimum Gasteiger partial charge on any atom is -0.478 e. The van der Waals surface area contributed by atoms with E-state index in [-0.39, 0.29) is 11.3 Å². The molecule has 0 bridgehead atoms. The minimum atomic E-state index is -2.26. The molecule has 0 saturated heterocycles. The van der Waals surface area contributed by atoms with Crippen molar-refractivity contribution < 1.29 is 27.9 Å². The van der Waals surface area contributed by atoms with Gasteiger partial charge < -0.3 is 10.4 Å². The van der Waals surface area contributed by atoms with Gasteiger partial charge in [0, 0.05) is 5.75 Å². The van der Waals surface area contributed by atoms with Gasteiger partial charge in [0.05, 0.1) is 11.3 Å². The van der Waals surface area contributed by atoms with Gasteiger partial charge in [-0.25, -0.2) is 18.0 Å². The number of nitrogens with one attached hydrogen (secondary N) is 1. The summed E-state index contributed by atoms with van der Waals surface area (Å²) >= 11 is 0.419. The highest BCUT2D eigenvalue weighted by Gasteiger charge is 2.22. The molecule has 0 aliphatic carbocycles. The highest BCUT2D eigenvalue weighted by atomic mass is 32.2. The van der Waals surface area contributed by atoms with Crippen molar-refractivity contribution in [3.63, 3.8) is 0 Å². The first-order valence-corrected chi connectivity index (χ1v) is 6.54. The highest BCUT2D eigenvalue weighted by Crippen LogP contribution is 2.19. The summed E-state index contributed by atoms with van der Waals surface area (Å²) in [5.74, 6) is -1.78. The summed E-state index contributed by atoms with van der Waals surface area (Å²) in [4.78, 5) is 22.4. The molecule has 20 heavy (non-hydrogen) atoms. The molecule has 2 atom stereocenters. The smallest absolute Gasteiger partial charge is 0.337 e. The Morgan fingerprint density at radius 1 is 1.25 bits per heavy atom. The number of alkyl halides is 3. The topological polar surface area (TPSA) is 66.4 Å². The number of carbonyl (C=O) groups excluding carboxylic acids is 1. The number of thioether (sulfide) groups is 1. The molecule has 4 nitrogen and oxygen atoms in total. The third-order valence-corrected chi connectivity index (χ3v) is 3.16. The molecule has 0 heterocycles. The standard InChI is InChI=1S/C12H12F3NO3S/c13-5-8(14)9(15)6-20-12(19)16-10-4-2-1-3-7(10)11(17)18/h1-4,8-9H,5-6H2,(H,16,19)(H,17,18). The number of para-hydroxylation sites is 1. The van der Waals surface area contributed by atoms with E-state index in [1.165, 1.54) is 24.3 Å². The second kappa shape index (κ2) is 7.78. The average molecular weight is 307 g/mol. The Kier molecular flexibility index (Phi) is 6.37. The van der Waals surface area contributed by atoms with E-state index in [0.717, 1.165) is 0 Å². The normalized spacial score (nSPS) is 13.6. The van der Waals surface area contributed by atoms with Crippen molar-refractivity contribution in [1.29, 1.82) is 0 Å². The second-order valence-corrected chi connectivity index (χ2v) is 4.75. The molecular formula is C12H12F3NO3S. The number of carboxylic acid groups (broad SMARTS) is 1. The lowest BCUT2D eigenvalue weighted by Gasteiger charge is -2.11. The van der Waals surface area contributed by atoms with Crippen LogP contribution in [-0.2, 0) is 0 Å². The number of carbonyl (C=O) groups is 2. The van der Waals surface area contributed by atoms with Crippen LogP contribution >= 0.6 is 11.8 Å². The van der Waals surface area contributed by atoms with E-state index in [1.54, 1.807) is 0 Å². The van der Waals surface area contributed by atoms with Crippen LogP contribution in [0.4, 0.5) is 23.7 Å². The molecular weight excluding hydrogens is 295 g/mol. The van der Waals surface area contributed by atoms with Crippen LogP contribution in [-0.4, -0.2) is 41.1 Å². The number of hydrogen-bond donors (Lipinski definition) is 2. The lowest BCUT2D eigenvalue weighted by Crippen LogP contribution is -2.23. The summed E-state index contributed by atoms with van der Waals surface area (Å²) in [7, 11) is 0. The predicted octanol–water partition coefficient (Wildman–Crippen LogP) is 3.30. The largest absolute Gasteiger partial charge is 0.478 e. The van der Waals surface area contributed by atoms with Gasteiger partial charge in [-0.3, -0.25) is 4.79 Å². The molecule has 1 amide bonds. The third-order valence-electron chi connectivity index (χ3n) is 2.31. The van der Waals surface area contributed by atoms with Crippen LogP contribution in [0.5, 0.6) is 0 Å². The second-order valence-electron chi connectivity index (χ2n) is 3.76. The zero-order valence-corrected chi connectivity index (χ0v) is 11.0. The van der Waals surface area contributed by atoms with E-state index in [1.807, 2.05) is 0 Å². The van der Waals surface area contributed by atoms with E-state index in [4.69, 9.17) is 5.11 Å². The van der Waals surface area contributed by atoms with Crippen LogP contribution in [0.1, 0.15) is 10.4 Å². The summed E-state index contributed by atoms with van der Waals surface area (Å²) in [5.41, 5.74) is -0.0689. The number of amides is 1. The van der Waals surface area contributed by atoms with Gasteiger partial charge in [-0.05, 0) is 12.1 Å². The maximum absolute atomic E-state index is 13.0. The first kappa shape index (κ1) is 16.4. The Balaban J connectivity index is 2.57. The average Bonchev–Trinajstić information content (AvgIpc) is 2.44. The van der Waals surface area contributed by atoms with E-state index >= 15 is 0 Å². The molecule has 110 valence electrons. The lowest BCUT2D eigenvalue weighted by molar-refractivity contribution is 0.0698. The first-order chi connectivity index (χ1) is 9.45. The third kappa shape index (κ3) is 4.76. The van der Waals surface area contributed by atoms with Crippen LogP contribution < -0.4 is 5.32 Å². The number of benzene rings is 1. The van der Waals surface area contributed by atoms with Gasteiger partial charge in [0.2, 0.25) is 0 Å². The summed E-state index contributed by atoms with van der Waals surface area (Å²) in [6.45, 7) is -1.45. The van der Waals surface area contributed by atoms with Crippen molar-refractivity contribution in [3.05, 3.63) is 29.8 Å². The molecule has 0 aliphatic heterocycles. The van der Waals surface area contributed by atoms with Crippen molar-refractivity contribution in [2.45, 2.75) is 12.3 Å². The number of anilines is 1. The maximum atomic E-state index is 13.0. The molecule has 2 unspecified atom stereocenters. The molecule has 2 N–H and O–H groups in total. The number of rotatable bonds is 6. The fourth-order valence-corrected chi connectivity index (χ4v) is 1.98. The Labute approximate surface area is 117 Å². The van der Waals surface area contributed by atoms with Crippen LogP contribution in [0, 0.1) is 0 Å². The molecule has 0 fully saturated rings. The Morgan fingerprint density at radius 2 is 1.90 bits per heavy atom. The molecule has 0 spiro atoms. The molecule has 1 rings (SSSR count). The number of halogens is 3. The summed E-state index contributed by atoms with van der Waals surface area (Å²) in [6.07, 6.45) is -4.35. The van der Waals surface area contributed by atoms with Crippen LogP contribution in [0.15, 0.2) is 24.3 Å². The van der Waals surface area contributed by atoms with Crippen LogP contribution in [0.2, 0.25) is 0 Å². The summed E-state index contributed by atoms with van der Waals surface area (Å²) in [6, 6.07) is 5.67. The van der Waals surface area contributed by atoms with Gasteiger partial charge in [-0.15, -0.1) is 0 Å². The van der Waals surface area contributed by atoms with Gasteiger partial charge in [-0.1, -0.05) is 23.9 Å². The minimum absolute atomic E-state index is 0.0511. The van der Waals surface area contributed by atoms with Crippen molar-refractivity contribution in [1.82, 2.24) is 0 Å². The molecule has 1 aromatic rings. The van der Waals surface area contributed by atoms with E-state index < -0.39 is 36.0 Å². The Bertz CT molecular complexity index is 487. The van der Waals surface area contributed by atoms with Gasteiger partial charge in [-0.2, -0.15) is 0 Å². The fraction of sp³-hybridized carbons (Fsp3) is 0.333. The van der Waals surface area contributed by atoms with Gasteiger partial charge in [0.1, 0.15) is 12.8 Å². The zero-order chi connectivity index (χ0) is 15.1. The SMILES string of the molecule is O=C(Nc1ccccc1C(=O)O)SCC(F)C(F)CF. The van der Waals surface area contributed by atoms with Crippen molar-refractivity contribution >= 4 is 28.7 Å². The van der Waals surface area contributed by atoms with E-state index in [2.05, 4.69) is 5.32 Å². The molecule has 0 aromatic heterocycles. The quantitative estimate of drug-likeness (QED) is 0.846. The Hall–Kier alpha value is -1.70. The number of carboxylic acids is 1. The van der Waals surface area contributed by atoms with Gasteiger partial charge in [0.25, 0.3) is 5.24 Å². The van der Waals surface area contributed by atoms with Crippen molar-refractivity contribution in [3.8, 4) is 0 Å². The highest BCUT2D eigenvalue weighted by molar-refractivity contribution is 8.13. The Morgan fingerprint density at radius 3 is 2.50 bits per heavy atom. The number of aromatic carboxylic acids is 1. The molecule has 1 aromatic carbocycles.